The van der Waals surface area contributed by atoms with Crippen LogP contribution in [0.15, 0.2) is 0 Å². The fourth-order valence-corrected chi connectivity index (χ4v) is 2.99. The Morgan fingerprint density at radius 3 is 2.35 bits per heavy atom. The van der Waals surface area contributed by atoms with Crippen molar-refractivity contribution in [1.82, 2.24) is 10.2 Å². The van der Waals surface area contributed by atoms with Gasteiger partial charge in [-0.1, -0.05) is 34.6 Å². The predicted molar refractivity (Wildman–Crippen MR) is 76.3 cm³/mol. The first kappa shape index (κ1) is 15.0. The van der Waals surface area contributed by atoms with Gasteiger partial charge in [0.1, 0.15) is 0 Å². The summed E-state index contributed by atoms with van der Waals surface area (Å²) in [4.78, 5) is 2.71. The average Bonchev–Trinajstić information content (AvgIpc) is 2.23. The van der Waals surface area contributed by atoms with Gasteiger partial charge >= 0.3 is 0 Å². The third-order valence-corrected chi connectivity index (χ3v) is 4.83. The predicted octanol–water partition coefficient (Wildman–Crippen LogP) is 3.13. The van der Waals surface area contributed by atoms with Gasteiger partial charge in [0.15, 0.2) is 0 Å². The second-order valence-corrected chi connectivity index (χ2v) is 6.83. The summed E-state index contributed by atoms with van der Waals surface area (Å²) < 4.78 is 0. The van der Waals surface area contributed by atoms with E-state index in [1.807, 2.05) is 0 Å². The Morgan fingerprint density at radius 1 is 1.29 bits per heavy atom. The van der Waals surface area contributed by atoms with Crippen LogP contribution in [0.25, 0.3) is 0 Å². The normalized spacial score (nSPS) is 33.7. The Morgan fingerprint density at radius 2 is 1.88 bits per heavy atom. The highest BCUT2D eigenvalue weighted by Gasteiger charge is 2.37. The molecule has 2 heteroatoms. The molecule has 0 aromatic rings. The van der Waals surface area contributed by atoms with Crippen LogP contribution in [0, 0.1) is 11.3 Å². The van der Waals surface area contributed by atoms with Crippen LogP contribution in [0.5, 0.6) is 0 Å². The molecule has 0 bridgehead atoms. The molecule has 0 spiro atoms. The zero-order valence-corrected chi connectivity index (χ0v) is 12.9. The van der Waals surface area contributed by atoms with Gasteiger partial charge in [-0.3, -0.25) is 4.90 Å². The number of likely N-dealkylation sites (tertiary alicyclic amines) is 1. The minimum Gasteiger partial charge on any atom is -0.314 e. The van der Waals surface area contributed by atoms with Gasteiger partial charge in [0.25, 0.3) is 0 Å². The van der Waals surface area contributed by atoms with E-state index in [-0.39, 0.29) is 0 Å². The molecule has 0 aromatic carbocycles. The van der Waals surface area contributed by atoms with Crippen molar-refractivity contribution < 1.29 is 0 Å². The second kappa shape index (κ2) is 5.71. The van der Waals surface area contributed by atoms with Crippen molar-refractivity contribution >= 4 is 0 Å². The molecule has 0 aliphatic carbocycles. The number of hydrogen-bond acceptors (Lipinski definition) is 2. The van der Waals surface area contributed by atoms with Crippen LogP contribution in [0.3, 0.4) is 0 Å². The summed E-state index contributed by atoms with van der Waals surface area (Å²) in [7, 11) is 0. The van der Waals surface area contributed by atoms with Gasteiger partial charge in [-0.05, 0) is 38.1 Å². The number of hydrogen-bond donors (Lipinski definition) is 1. The molecule has 1 aliphatic rings. The Bertz CT molecular complexity index is 232. The quantitative estimate of drug-likeness (QED) is 0.815. The zero-order chi connectivity index (χ0) is 13.2. The molecule has 1 saturated heterocycles. The van der Waals surface area contributed by atoms with Crippen LogP contribution < -0.4 is 5.32 Å². The Kier molecular flexibility index (Phi) is 5.03. The minimum absolute atomic E-state index is 0.374. The summed E-state index contributed by atoms with van der Waals surface area (Å²) in [6.45, 7) is 18.8. The summed E-state index contributed by atoms with van der Waals surface area (Å²) in [5.74, 6) is 0.744. The third-order valence-electron chi connectivity index (χ3n) is 4.83. The van der Waals surface area contributed by atoms with Crippen molar-refractivity contribution in [3.8, 4) is 0 Å². The van der Waals surface area contributed by atoms with Gasteiger partial charge in [0.2, 0.25) is 0 Å². The molecule has 0 amide bonds. The van der Waals surface area contributed by atoms with E-state index >= 15 is 0 Å². The Labute approximate surface area is 108 Å². The van der Waals surface area contributed by atoms with Gasteiger partial charge < -0.3 is 5.32 Å². The monoisotopic (exact) mass is 240 g/mol. The minimum atomic E-state index is 0.374. The fraction of sp³-hybridized carbons (Fsp3) is 1.00. The van der Waals surface area contributed by atoms with E-state index in [0.717, 1.165) is 12.5 Å². The lowest BCUT2D eigenvalue weighted by molar-refractivity contribution is 0.0115. The van der Waals surface area contributed by atoms with Gasteiger partial charge in [0, 0.05) is 24.7 Å². The van der Waals surface area contributed by atoms with Gasteiger partial charge in [-0.2, -0.15) is 0 Å². The molecule has 1 fully saturated rings. The van der Waals surface area contributed by atoms with Gasteiger partial charge in [-0.15, -0.1) is 0 Å². The van der Waals surface area contributed by atoms with E-state index in [0.29, 0.717) is 23.5 Å². The first-order valence-electron chi connectivity index (χ1n) is 7.28. The van der Waals surface area contributed by atoms with E-state index in [2.05, 4.69) is 58.7 Å². The van der Waals surface area contributed by atoms with Crippen molar-refractivity contribution in [3.05, 3.63) is 0 Å². The lowest BCUT2D eigenvalue weighted by Gasteiger charge is -2.49. The van der Waals surface area contributed by atoms with Crippen LogP contribution in [-0.4, -0.2) is 36.1 Å². The largest absolute Gasteiger partial charge is 0.314 e. The molecule has 0 aromatic heterocycles. The van der Waals surface area contributed by atoms with Crippen LogP contribution >= 0.6 is 0 Å². The van der Waals surface area contributed by atoms with Crippen molar-refractivity contribution in [2.24, 2.45) is 11.3 Å². The van der Waals surface area contributed by atoms with Crippen LogP contribution in [0.2, 0.25) is 0 Å². The van der Waals surface area contributed by atoms with Gasteiger partial charge in [0.05, 0.1) is 0 Å². The highest BCUT2D eigenvalue weighted by atomic mass is 15.2. The van der Waals surface area contributed by atoms with Crippen molar-refractivity contribution in [2.75, 3.05) is 13.1 Å². The van der Waals surface area contributed by atoms with E-state index in [1.54, 1.807) is 0 Å². The molecular weight excluding hydrogens is 208 g/mol. The second-order valence-electron chi connectivity index (χ2n) is 6.83. The zero-order valence-electron chi connectivity index (χ0n) is 12.9. The Hall–Kier alpha value is -0.0800. The number of piperidine rings is 1. The summed E-state index contributed by atoms with van der Waals surface area (Å²) in [5.41, 5.74) is 0.374. The first-order valence-corrected chi connectivity index (χ1v) is 7.28. The lowest BCUT2D eigenvalue weighted by Crippen LogP contribution is -2.58. The third kappa shape index (κ3) is 3.45. The molecular formula is C15H32N2. The molecule has 0 saturated carbocycles. The molecule has 1 rings (SSSR count). The smallest absolute Gasteiger partial charge is 0.0120 e. The highest BCUT2D eigenvalue weighted by molar-refractivity contribution is 4.93. The molecule has 4 atom stereocenters. The molecule has 2 nitrogen and oxygen atoms in total. The van der Waals surface area contributed by atoms with E-state index in [9.17, 15) is 0 Å². The van der Waals surface area contributed by atoms with Crippen molar-refractivity contribution in [2.45, 2.75) is 73.0 Å². The number of rotatable bonds is 3. The number of nitrogens with zero attached hydrogens (tertiary/aromatic N) is 1. The van der Waals surface area contributed by atoms with E-state index in [1.165, 1.54) is 13.0 Å². The van der Waals surface area contributed by atoms with Gasteiger partial charge in [-0.25, -0.2) is 0 Å². The van der Waals surface area contributed by atoms with Crippen molar-refractivity contribution in [3.63, 3.8) is 0 Å². The first-order chi connectivity index (χ1) is 7.79. The van der Waals surface area contributed by atoms with E-state index in [4.69, 9.17) is 0 Å². The molecule has 1 aliphatic heterocycles. The fourth-order valence-electron chi connectivity index (χ4n) is 2.99. The van der Waals surface area contributed by atoms with E-state index < -0.39 is 0 Å². The van der Waals surface area contributed by atoms with Crippen LogP contribution in [-0.2, 0) is 0 Å². The lowest BCUT2D eigenvalue weighted by atomic mass is 9.80. The molecule has 17 heavy (non-hydrogen) atoms. The highest BCUT2D eigenvalue weighted by Crippen LogP contribution is 2.32. The molecule has 0 radical (unpaired) electrons. The van der Waals surface area contributed by atoms with Crippen LogP contribution in [0.4, 0.5) is 0 Å². The van der Waals surface area contributed by atoms with Crippen LogP contribution in [0.1, 0.15) is 54.9 Å². The maximum atomic E-state index is 3.64. The molecule has 102 valence electrons. The summed E-state index contributed by atoms with van der Waals surface area (Å²) >= 11 is 0. The molecule has 4 unspecified atom stereocenters. The topological polar surface area (TPSA) is 15.3 Å². The maximum absolute atomic E-state index is 3.64. The summed E-state index contributed by atoms with van der Waals surface area (Å²) in [5, 5.41) is 3.64. The summed E-state index contributed by atoms with van der Waals surface area (Å²) in [6.07, 6.45) is 1.29. The molecule has 1 N–H and O–H groups in total. The SMILES string of the molecule is CCNC1CCN(C(C)C(C)(C)C)C(C)C1C. The van der Waals surface area contributed by atoms with Crippen molar-refractivity contribution in [1.29, 1.82) is 0 Å². The average molecular weight is 240 g/mol. The number of nitrogens with one attached hydrogen (secondary N) is 1. The molecule has 1 heterocycles. The Balaban J connectivity index is 2.68. The standard InChI is InChI=1S/C15H32N2/c1-8-16-14-9-10-17(12(3)11(14)2)13(4)15(5,6)7/h11-14,16H,8-10H2,1-7H3. The summed E-state index contributed by atoms with van der Waals surface area (Å²) in [6, 6.07) is 2.04. The maximum Gasteiger partial charge on any atom is 0.0120 e.